The van der Waals surface area contributed by atoms with Gasteiger partial charge in [-0.2, -0.15) is 0 Å². The van der Waals surface area contributed by atoms with Crippen LogP contribution in [0, 0.1) is 6.92 Å². The molecule has 0 saturated heterocycles. The van der Waals surface area contributed by atoms with E-state index in [4.69, 9.17) is 4.42 Å². The molecule has 0 aromatic carbocycles. The second-order valence-electron chi connectivity index (χ2n) is 4.94. The molecule has 1 aromatic rings. The molecule has 1 aromatic heterocycles. The van der Waals surface area contributed by atoms with Crippen LogP contribution in [0.15, 0.2) is 10.5 Å². The van der Waals surface area contributed by atoms with Crippen molar-refractivity contribution in [2.45, 2.75) is 52.7 Å². The third-order valence-corrected chi connectivity index (χ3v) is 3.47. The first-order valence-electron chi connectivity index (χ1n) is 6.76. The summed E-state index contributed by atoms with van der Waals surface area (Å²) in [6, 6.07) is 2.92. The number of aryl methyl sites for hydroxylation is 1. The van der Waals surface area contributed by atoms with Gasteiger partial charge in [-0.1, -0.05) is 13.8 Å². The summed E-state index contributed by atoms with van der Waals surface area (Å²) in [7, 11) is 0. The van der Waals surface area contributed by atoms with Crippen LogP contribution in [0.4, 0.5) is 0 Å². The standard InChI is InChI=1S/C14H24N2O/c1-4-16(5-2)10-13-8-11(3)14(17-13)9-15-12-6-7-12/h8,12,15H,4-7,9-10H2,1-3H3. The molecular formula is C14H24N2O. The van der Waals surface area contributed by atoms with Gasteiger partial charge in [0.25, 0.3) is 0 Å². The molecule has 0 spiro atoms. The third-order valence-electron chi connectivity index (χ3n) is 3.47. The molecule has 0 atom stereocenters. The summed E-state index contributed by atoms with van der Waals surface area (Å²) >= 11 is 0. The summed E-state index contributed by atoms with van der Waals surface area (Å²) in [6.07, 6.45) is 2.65. The molecule has 3 heteroatoms. The van der Waals surface area contributed by atoms with Crippen LogP contribution in [-0.2, 0) is 13.1 Å². The van der Waals surface area contributed by atoms with E-state index in [-0.39, 0.29) is 0 Å². The Bertz CT molecular complexity index is 351. The average Bonchev–Trinajstić information content (AvgIpc) is 3.09. The first kappa shape index (κ1) is 12.7. The molecule has 1 fully saturated rings. The van der Waals surface area contributed by atoms with E-state index in [0.717, 1.165) is 43.7 Å². The summed E-state index contributed by atoms with van der Waals surface area (Å²) in [6.45, 7) is 10.5. The molecule has 1 aliphatic carbocycles. The zero-order valence-corrected chi connectivity index (χ0v) is 11.3. The van der Waals surface area contributed by atoms with Crippen LogP contribution >= 0.6 is 0 Å². The molecule has 0 bridgehead atoms. The van der Waals surface area contributed by atoms with Crippen LogP contribution in [0.5, 0.6) is 0 Å². The van der Waals surface area contributed by atoms with Gasteiger partial charge < -0.3 is 9.73 Å². The SMILES string of the molecule is CCN(CC)Cc1cc(C)c(CNC2CC2)o1. The van der Waals surface area contributed by atoms with Gasteiger partial charge in [-0.05, 0) is 44.5 Å². The fourth-order valence-corrected chi connectivity index (χ4v) is 2.04. The number of furan rings is 1. The molecule has 1 heterocycles. The van der Waals surface area contributed by atoms with Gasteiger partial charge in [-0.25, -0.2) is 0 Å². The molecule has 1 aliphatic rings. The van der Waals surface area contributed by atoms with Gasteiger partial charge in [-0.3, -0.25) is 4.90 Å². The monoisotopic (exact) mass is 236 g/mol. The lowest BCUT2D eigenvalue weighted by Gasteiger charge is -2.15. The zero-order valence-electron chi connectivity index (χ0n) is 11.3. The van der Waals surface area contributed by atoms with E-state index in [1.165, 1.54) is 18.4 Å². The zero-order chi connectivity index (χ0) is 12.3. The van der Waals surface area contributed by atoms with Gasteiger partial charge in [0.15, 0.2) is 0 Å². The second kappa shape index (κ2) is 5.69. The van der Waals surface area contributed by atoms with Gasteiger partial charge in [-0.15, -0.1) is 0 Å². The molecule has 0 amide bonds. The van der Waals surface area contributed by atoms with Gasteiger partial charge in [0.05, 0.1) is 13.1 Å². The predicted molar refractivity (Wildman–Crippen MR) is 69.9 cm³/mol. The van der Waals surface area contributed by atoms with Crippen molar-refractivity contribution in [2.75, 3.05) is 13.1 Å². The summed E-state index contributed by atoms with van der Waals surface area (Å²) < 4.78 is 5.92. The Morgan fingerprint density at radius 1 is 1.35 bits per heavy atom. The fraction of sp³-hybridized carbons (Fsp3) is 0.714. The minimum Gasteiger partial charge on any atom is -0.463 e. The lowest BCUT2D eigenvalue weighted by atomic mass is 10.2. The minimum absolute atomic E-state index is 0.741. The highest BCUT2D eigenvalue weighted by molar-refractivity contribution is 5.20. The Balaban J connectivity index is 1.91. The quantitative estimate of drug-likeness (QED) is 0.789. The Morgan fingerprint density at radius 3 is 2.65 bits per heavy atom. The smallest absolute Gasteiger partial charge is 0.120 e. The van der Waals surface area contributed by atoms with Crippen molar-refractivity contribution in [3.63, 3.8) is 0 Å². The van der Waals surface area contributed by atoms with Crippen molar-refractivity contribution in [3.8, 4) is 0 Å². The number of nitrogens with zero attached hydrogens (tertiary/aromatic N) is 1. The molecule has 0 unspecified atom stereocenters. The lowest BCUT2D eigenvalue weighted by molar-refractivity contribution is 0.264. The fourth-order valence-electron chi connectivity index (χ4n) is 2.04. The van der Waals surface area contributed by atoms with Crippen molar-refractivity contribution < 1.29 is 4.42 Å². The maximum absolute atomic E-state index is 5.92. The number of rotatable bonds is 7. The van der Waals surface area contributed by atoms with E-state index >= 15 is 0 Å². The third kappa shape index (κ3) is 3.58. The van der Waals surface area contributed by atoms with Crippen molar-refractivity contribution >= 4 is 0 Å². The maximum Gasteiger partial charge on any atom is 0.120 e. The van der Waals surface area contributed by atoms with Gasteiger partial charge in [0.1, 0.15) is 11.5 Å². The van der Waals surface area contributed by atoms with Crippen LogP contribution in [-0.4, -0.2) is 24.0 Å². The van der Waals surface area contributed by atoms with Crippen molar-refractivity contribution in [1.82, 2.24) is 10.2 Å². The number of hydrogen-bond acceptors (Lipinski definition) is 3. The summed E-state index contributed by atoms with van der Waals surface area (Å²) in [5, 5.41) is 3.50. The highest BCUT2D eigenvalue weighted by Crippen LogP contribution is 2.21. The van der Waals surface area contributed by atoms with Crippen LogP contribution in [0.25, 0.3) is 0 Å². The summed E-state index contributed by atoms with van der Waals surface area (Å²) in [5.74, 6) is 2.21. The van der Waals surface area contributed by atoms with E-state index in [9.17, 15) is 0 Å². The Kier molecular flexibility index (Phi) is 4.24. The van der Waals surface area contributed by atoms with Gasteiger partial charge in [0, 0.05) is 6.04 Å². The topological polar surface area (TPSA) is 28.4 Å². The minimum atomic E-state index is 0.741. The molecular weight excluding hydrogens is 212 g/mol. The largest absolute Gasteiger partial charge is 0.463 e. The van der Waals surface area contributed by atoms with E-state index < -0.39 is 0 Å². The van der Waals surface area contributed by atoms with Gasteiger partial charge in [0.2, 0.25) is 0 Å². The van der Waals surface area contributed by atoms with Crippen molar-refractivity contribution in [2.24, 2.45) is 0 Å². The highest BCUT2D eigenvalue weighted by Gasteiger charge is 2.21. The van der Waals surface area contributed by atoms with Crippen molar-refractivity contribution in [3.05, 3.63) is 23.2 Å². The number of nitrogens with one attached hydrogen (secondary N) is 1. The Labute approximate surface area is 104 Å². The molecule has 3 nitrogen and oxygen atoms in total. The first-order valence-corrected chi connectivity index (χ1v) is 6.76. The second-order valence-corrected chi connectivity index (χ2v) is 4.94. The van der Waals surface area contributed by atoms with Crippen molar-refractivity contribution in [1.29, 1.82) is 0 Å². The molecule has 0 aliphatic heterocycles. The normalized spacial score (nSPS) is 15.8. The van der Waals surface area contributed by atoms with Gasteiger partial charge >= 0.3 is 0 Å². The van der Waals surface area contributed by atoms with Crippen LogP contribution in [0.1, 0.15) is 43.8 Å². The lowest BCUT2D eigenvalue weighted by Crippen LogP contribution is -2.21. The number of hydrogen-bond donors (Lipinski definition) is 1. The van der Waals surface area contributed by atoms with E-state index in [2.05, 4.69) is 37.1 Å². The van der Waals surface area contributed by atoms with E-state index in [1.54, 1.807) is 0 Å². The average molecular weight is 236 g/mol. The maximum atomic E-state index is 5.92. The summed E-state index contributed by atoms with van der Waals surface area (Å²) in [4.78, 5) is 2.37. The molecule has 2 rings (SSSR count). The molecule has 1 saturated carbocycles. The van der Waals surface area contributed by atoms with Crippen LogP contribution in [0.3, 0.4) is 0 Å². The first-order chi connectivity index (χ1) is 8.22. The summed E-state index contributed by atoms with van der Waals surface area (Å²) in [5.41, 5.74) is 1.28. The molecule has 17 heavy (non-hydrogen) atoms. The molecule has 96 valence electrons. The van der Waals surface area contributed by atoms with E-state index in [1.807, 2.05) is 0 Å². The molecule has 1 N–H and O–H groups in total. The highest BCUT2D eigenvalue weighted by atomic mass is 16.3. The Hall–Kier alpha value is -0.800. The molecule has 0 radical (unpaired) electrons. The van der Waals surface area contributed by atoms with Crippen LogP contribution < -0.4 is 5.32 Å². The van der Waals surface area contributed by atoms with Crippen LogP contribution in [0.2, 0.25) is 0 Å². The van der Waals surface area contributed by atoms with E-state index in [0.29, 0.717) is 0 Å². The predicted octanol–water partition coefficient (Wildman–Crippen LogP) is 2.68. The Morgan fingerprint density at radius 2 is 2.06 bits per heavy atom.